The number of aromatic nitrogens is 1. The summed E-state index contributed by atoms with van der Waals surface area (Å²) in [7, 11) is 0.983. The van der Waals surface area contributed by atoms with Crippen LogP contribution < -0.4 is 0 Å². The fourth-order valence-corrected chi connectivity index (χ4v) is 1.11. The highest BCUT2D eigenvalue weighted by atomic mass is 19.4. The van der Waals surface area contributed by atoms with E-state index in [0.29, 0.717) is 0 Å². The molecule has 0 fully saturated rings. The van der Waals surface area contributed by atoms with E-state index in [1.807, 2.05) is 0 Å². The SMILES string of the molecule is COC(=O)c1nc(C)c(C(F)(F)F)cc1F. The molecule has 0 saturated carbocycles. The van der Waals surface area contributed by atoms with E-state index >= 15 is 0 Å². The molecule has 1 heterocycles. The van der Waals surface area contributed by atoms with Crippen molar-refractivity contribution in [2.45, 2.75) is 13.1 Å². The first-order valence-electron chi connectivity index (χ1n) is 4.10. The van der Waals surface area contributed by atoms with Gasteiger partial charge in [-0.05, 0) is 13.0 Å². The Morgan fingerprint density at radius 2 is 2.00 bits per heavy atom. The first kappa shape index (κ1) is 12.4. The molecule has 3 nitrogen and oxygen atoms in total. The maximum Gasteiger partial charge on any atom is 0.418 e. The van der Waals surface area contributed by atoms with E-state index in [1.165, 1.54) is 0 Å². The molecule has 0 atom stereocenters. The lowest BCUT2D eigenvalue weighted by molar-refractivity contribution is -0.138. The Morgan fingerprint density at radius 3 is 2.44 bits per heavy atom. The summed E-state index contributed by atoms with van der Waals surface area (Å²) in [5.74, 6) is -2.47. The van der Waals surface area contributed by atoms with E-state index in [-0.39, 0.29) is 6.07 Å². The number of aryl methyl sites for hydroxylation is 1. The van der Waals surface area contributed by atoms with Crippen LogP contribution in [0.5, 0.6) is 0 Å². The number of hydrogen-bond acceptors (Lipinski definition) is 3. The van der Waals surface area contributed by atoms with Gasteiger partial charge in [0.25, 0.3) is 0 Å². The minimum absolute atomic E-state index is 0.231. The summed E-state index contributed by atoms with van der Waals surface area (Å²) in [6, 6.07) is 0.231. The third kappa shape index (κ3) is 2.29. The quantitative estimate of drug-likeness (QED) is 0.555. The van der Waals surface area contributed by atoms with Gasteiger partial charge in [0.05, 0.1) is 18.4 Å². The van der Waals surface area contributed by atoms with Crippen LogP contribution in [0.2, 0.25) is 0 Å². The van der Waals surface area contributed by atoms with Crippen molar-refractivity contribution < 1.29 is 27.1 Å². The van der Waals surface area contributed by atoms with Gasteiger partial charge in [-0.2, -0.15) is 13.2 Å². The summed E-state index contributed by atoms with van der Waals surface area (Å²) in [6.45, 7) is 1.04. The normalized spacial score (nSPS) is 11.4. The van der Waals surface area contributed by atoms with Crippen LogP contribution in [0.3, 0.4) is 0 Å². The van der Waals surface area contributed by atoms with Crippen molar-refractivity contribution in [3.63, 3.8) is 0 Å². The molecular weight excluding hydrogens is 230 g/mol. The number of ether oxygens (including phenoxy) is 1. The number of pyridine rings is 1. The number of carbonyl (C=O) groups is 1. The summed E-state index contributed by atoms with van der Waals surface area (Å²) in [4.78, 5) is 14.2. The summed E-state index contributed by atoms with van der Waals surface area (Å²) in [5.41, 5.74) is -2.44. The van der Waals surface area contributed by atoms with Gasteiger partial charge in [-0.15, -0.1) is 0 Å². The molecule has 0 aliphatic heterocycles. The molecule has 0 N–H and O–H groups in total. The van der Waals surface area contributed by atoms with Crippen molar-refractivity contribution in [3.05, 3.63) is 28.8 Å². The van der Waals surface area contributed by atoms with Gasteiger partial charge >= 0.3 is 12.1 Å². The van der Waals surface area contributed by atoms with E-state index in [4.69, 9.17) is 0 Å². The highest BCUT2D eigenvalue weighted by molar-refractivity contribution is 5.87. The summed E-state index contributed by atoms with van der Waals surface area (Å²) in [6.07, 6.45) is -4.70. The zero-order valence-corrected chi connectivity index (χ0v) is 8.35. The second-order valence-electron chi connectivity index (χ2n) is 2.94. The van der Waals surface area contributed by atoms with Crippen LogP contribution in [0, 0.1) is 12.7 Å². The predicted octanol–water partition coefficient (Wildman–Crippen LogP) is 2.33. The molecule has 1 aromatic heterocycles. The molecule has 0 aromatic carbocycles. The number of nitrogens with zero attached hydrogens (tertiary/aromatic N) is 1. The Kier molecular flexibility index (Phi) is 3.16. The standard InChI is InChI=1S/C9H7F4NO2/c1-4-5(9(11,12)13)3-6(10)7(14-4)8(15)16-2/h3H,1-2H3. The average Bonchev–Trinajstić information content (AvgIpc) is 2.18. The molecule has 0 aliphatic rings. The van der Waals surface area contributed by atoms with Crippen molar-refractivity contribution in [1.29, 1.82) is 0 Å². The lowest BCUT2D eigenvalue weighted by atomic mass is 10.1. The highest BCUT2D eigenvalue weighted by Gasteiger charge is 2.35. The molecule has 0 saturated heterocycles. The lowest BCUT2D eigenvalue weighted by Crippen LogP contribution is -2.15. The Hall–Kier alpha value is -1.66. The summed E-state index contributed by atoms with van der Waals surface area (Å²) < 4.78 is 54.3. The van der Waals surface area contributed by atoms with E-state index in [0.717, 1.165) is 14.0 Å². The minimum Gasteiger partial charge on any atom is -0.464 e. The number of esters is 1. The number of alkyl halides is 3. The first-order chi connectivity index (χ1) is 7.27. The van der Waals surface area contributed by atoms with Crippen LogP contribution in [0.1, 0.15) is 21.7 Å². The van der Waals surface area contributed by atoms with Crippen molar-refractivity contribution in [3.8, 4) is 0 Å². The second-order valence-corrected chi connectivity index (χ2v) is 2.94. The third-order valence-corrected chi connectivity index (χ3v) is 1.85. The van der Waals surface area contributed by atoms with Crippen molar-refractivity contribution in [2.75, 3.05) is 7.11 Å². The Labute approximate surface area is 88.0 Å². The zero-order valence-electron chi connectivity index (χ0n) is 8.35. The van der Waals surface area contributed by atoms with E-state index in [1.54, 1.807) is 0 Å². The maximum atomic E-state index is 13.1. The van der Waals surface area contributed by atoms with Gasteiger partial charge in [0, 0.05) is 0 Å². The van der Waals surface area contributed by atoms with Gasteiger partial charge < -0.3 is 4.74 Å². The van der Waals surface area contributed by atoms with Gasteiger partial charge in [0.1, 0.15) is 0 Å². The van der Waals surface area contributed by atoms with Crippen LogP contribution in [0.4, 0.5) is 17.6 Å². The predicted molar refractivity (Wildman–Crippen MR) is 45.3 cm³/mol. The average molecular weight is 237 g/mol. The van der Waals surface area contributed by atoms with Crippen molar-refractivity contribution in [1.82, 2.24) is 4.98 Å². The fraction of sp³-hybridized carbons (Fsp3) is 0.333. The summed E-state index contributed by atoms with van der Waals surface area (Å²) >= 11 is 0. The highest BCUT2D eigenvalue weighted by Crippen LogP contribution is 2.31. The Balaban J connectivity index is 3.33. The van der Waals surface area contributed by atoms with E-state index in [2.05, 4.69) is 9.72 Å². The van der Waals surface area contributed by atoms with Gasteiger partial charge in [-0.25, -0.2) is 14.2 Å². The largest absolute Gasteiger partial charge is 0.464 e. The maximum absolute atomic E-state index is 13.1. The van der Waals surface area contributed by atoms with Gasteiger partial charge in [0.2, 0.25) is 0 Å². The van der Waals surface area contributed by atoms with Gasteiger partial charge in [-0.3, -0.25) is 0 Å². The first-order valence-corrected chi connectivity index (χ1v) is 4.10. The molecule has 0 aliphatic carbocycles. The monoisotopic (exact) mass is 237 g/mol. The van der Waals surface area contributed by atoms with Crippen LogP contribution in [0.15, 0.2) is 6.07 Å². The molecule has 7 heteroatoms. The summed E-state index contributed by atoms with van der Waals surface area (Å²) in [5, 5.41) is 0. The molecule has 0 amide bonds. The third-order valence-electron chi connectivity index (χ3n) is 1.85. The molecule has 0 unspecified atom stereocenters. The molecule has 88 valence electrons. The second kappa shape index (κ2) is 4.07. The molecule has 0 spiro atoms. The lowest BCUT2D eigenvalue weighted by Gasteiger charge is -2.10. The van der Waals surface area contributed by atoms with Crippen LogP contribution in [-0.4, -0.2) is 18.1 Å². The fourth-order valence-electron chi connectivity index (χ4n) is 1.11. The minimum atomic E-state index is -4.70. The van der Waals surface area contributed by atoms with Crippen molar-refractivity contribution in [2.24, 2.45) is 0 Å². The number of methoxy groups -OCH3 is 1. The zero-order chi connectivity index (χ0) is 12.5. The molecule has 0 radical (unpaired) electrons. The molecule has 16 heavy (non-hydrogen) atoms. The molecule has 1 aromatic rings. The van der Waals surface area contributed by atoms with Gasteiger partial charge in [-0.1, -0.05) is 0 Å². The Morgan fingerprint density at radius 1 is 1.44 bits per heavy atom. The van der Waals surface area contributed by atoms with Gasteiger partial charge in [0.15, 0.2) is 11.5 Å². The van der Waals surface area contributed by atoms with Crippen LogP contribution >= 0.6 is 0 Å². The topological polar surface area (TPSA) is 39.2 Å². The van der Waals surface area contributed by atoms with Crippen LogP contribution in [0.25, 0.3) is 0 Å². The van der Waals surface area contributed by atoms with E-state index in [9.17, 15) is 22.4 Å². The molecule has 1 rings (SSSR count). The molecule has 0 bridgehead atoms. The number of carbonyl (C=O) groups excluding carboxylic acids is 1. The Bertz CT molecular complexity index is 428. The number of halogens is 4. The van der Waals surface area contributed by atoms with E-state index < -0.39 is 34.9 Å². The van der Waals surface area contributed by atoms with Crippen molar-refractivity contribution >= 4 is 5.97 Å². The molecular formula is C9H7F4NO2. The smallest absolute Gasteiger partial charge is 0.418 e. The number of hydrogen-bond donors (Lipinski definition) is 0. The number of rotatable bonds is 1. The van der Waals surface area contributed by atoms with Crippen LogP contribution in [-0.2, 0) is 10.9 Å².